The van der Waals surface area contributed by atoms with Crippen molar-refractivity contribution < 1.29 is 14.3 Å². The lowest BCUT2D eigenvalue weighted by Crippen LogP contribution is -2.52. The van der Waals surface area contributed by atoms with Gasteiger partial charge in [-0.05, 0) is 71.1 Å². The number of carbonyl (C=O) groups excluding carboxylic acids is 2. The molecule has 0 aliphatic carbocycles. The number of ether oxygens (including phenoxy) is 1. The quantitative estimate of drug-likeness (QED) is 0.243. The van der Waals surface area contributed by atoms with Crippen molar-refractivity contribution >= 4 is 50.9 Å². The van der Waals surface area contributed by atoms with Gasteiger partial charge >= 0.3 is 0 Å². The van der Waals surface area contributed by atoms with Crippen LogP contribution in [0.25, 0.3) is 0 Å². The van der Waals surface area contributed by atoms with E-state index in [2.05, 4.69) is 35.1 Å². The molecule has 1 N–H and O–H groups in total. The minimum Gasteiger partial charge on any atom is -0.483 e. The number of benzene rings is 3. The number of nitrogens with one attached hydrogen (secondary N) is 1. The summed E-state index contributed by atoms with van der Waals surface area (Å²) < 4.78 is 6.70. The number of nitrogens with zero attached hydrogens (tertiary/aromatic N) is 1. The van der Waals surface area contributed by atoms with Crippen LogP contribution in [-0.2, 0) is 22.6 Å². The van der Waals surface area contributed by atoms with Gasteiger partial charge in [-0.2, -0.15) is 0 Å². The lowest BCUT2D eigenvalue weighted by molar-refractivity contribution is -0.143. The fourth-order valence-electron chi connectivity index (χ4n) is 4.00. The Bertz CT molecular complexity index is 1230. The smallest absolute Gasteiger partial charge is 0.261 e. The third-order valence-corrected chi connectivity index (χ3v) is 7.39. The van der Waals surface area contributed by atoms with Crippen molar-refractivity contribution in [2.75, 3.05) is 6.61 Å². The van der Waals surface area contributed by atoms with E-state index in [9.17, 15) is 9.59 Å². The number of carbonyl (C=O) groups is 2. The van der Waals surface area contributed by atoms with Crippen LogP contribution < -0.4 is 10.1 Å². The first-order valence-electron chi connectivity index (χ1n) is 12.6. The molecule has 1 atom stereocenters. The molecule has 0 aliphatic rings. The highest BCUT2D eigenvalue weighted by atomic mass is 79.9. The largest absolute Gasteiger partial charge is 0.483 e. The molecule has 3 rings (SSSR count). The van der Waals surface area contributed by atoms with Crippen molar-refractivity contribution in [2.45, 2.75) is 58.7 Å². The molecule has 38 heavy (non-hydrogen) atoms. The summed E-state index contributed by atoms with van der Waals surface area (Å²) in [6, 6.07) is 19.7. The molecular formula is C30H33BrCl2N2O3. The van der Waals surface area contributed by atoms with E-state index in [-0.39, 0.29) is 31.0 Å². The van der Waals surface area contributed by atoms with E-state index in [0.29, 0.717) is 33.7 Å². The average molecular weight is 620 g/mol. The number of hydrogen-bond donors (Lipinski definition) is 1. The molecular weight excluding hydrogens is 587 g/mol. The van der Waals surface area contributed by atoms with Gasteiger partial charge in [-0.25, -0.2) is 0 Å². The van der Waals surface area contributed by atoms with Gasteiger partial charge in [0.2, 0.25) is 5.91 Å². The fraction of sp³-hybridized carbons (Fsp3) is 0.333. The van der Waals surface area contributed by atoms with Crippen molar-refractivity contribution in [1.29, 1.82) is 0 Å². The second-order valence-electron chi connectivity index (χ2n) is 9.72. The minimum atomic E-state index is -0.810. The zero-order valence-corrected chi connectivity index (χ0v) is 25.1. The van der Waals surface area contributed by atoms with Crippen LogP contribution in [0.2, 0.25) is 10.0 Å². The minimum absolute atomic E-state index is 0.0528. The van der Waals surface area contributed by atoms with Crippen molar-refractivity contribution in [2.24, 2.45) is 0 Å². The molecule has 0 spiro atoms. The van der Waals surface area contributed by atoms with Gasteiger partial charge in [0.05, 0.1) is 4.47 Å². The van der Waals surface area contributed by atoms with Gasteiger partial charge in [0.15, 0.2) is 6.61 Å². The van der Waals surface area contributed by atoms with Crippen LogP contribution in [0, 0.1) is 0 Å². The van der Waals surface area contributed by atoms with E-state index in [1.165, 1.54) is 4.90 Å². The summed E-state index contributed by atoms with van der Waals surface area (Å²) in [5.41, 5.74) is 2.65. The topological polar surface area (TPSA) is 58.6 Å². The van der Waals surface area contributed by atoms with Crippen molar-refractivity contribution in [3.05, 3.63) is 97.9 Å². The van der Waals surface area contributed by atoms with Crippen molar-refractivity contribution in [3.8, 4) is 5.75 Å². The van der Waals surface area contributed by atoms with E-state index >= 15 is 0 Å². The molecule has 5 nitrogen and oxygen atoms in total. The molecule has 0 bridgehead atoms. The molecule has 0 heterocycles. The molecule has 0 aliphatic heterocycles. The standard InChI is InChI=1S/C30H33BrCl2N2O3/c1-19(2)22-13-14-28(24(31)16-22)38-18-29(36)35(17-23-25(32)11-8-12-26(23)33)27(30(37)34-20(3)4)15-21-9-6-5-7-10-21/h5-14,16,19-20,27H,15,17-18H2,1-4H3,(H,34,37)/t27-/m0/s1. The molecule has 0 aromatic heterocycles. The Morgan fingerprint density at radius 1 is 0.947 bits per heavy atom. The van der Waals surface area contributed by atoms with Crippen LogP contribution in [0.4, 0.5) is 0 Å². The summed E-state index contributed by atoms with van der Waals surface area (Å²) in [7, 11) is 0. The van der Waals surface area contributed by atoms with Gasteiger partial charge in [0.25, 0.3) is 5.91 Å². The SMILES string of the molecule is CC(C)NC(=O)[C@H](Cc1ccccc1)N(Cc1c(Cl)cccc1Cl)C(=O)COc1ccc(C(C)C)cc1Br. The number of amides is 2. The Morgan fingerprint density at radius 2 is 1.61 bits per heavy atom. The molecule has 202 valence electrons. The highest BCUT2D eigenvalue weighted by Gasteiger charge is 2.32. The first kappa shape index (κ1) is 30.0. The second kappa shape index (κ2) is 14.0. The van der Waals surface area contributed by atoms with Crippen LogP contribution in [-0.4, -0.2) is 35.4 Å². The Balaban J connectivity index is 1.95. The van der Waals surface area contributed by atoms with E-state index in [0.717, 1.165) is 15.6 Å². The van der Waals surface area contributed by atoms with Crippen LogP contribution in [0.15, 0.2) is 71.2 Å². The number of hydrogen-bond acceptors (Lipinski definition) is 3. The zero-order valence-electron chi connectivity index (χ0n) is 22.0. The Morgan fingerprint density at radius 3 is 2.18 bits per heavy atom. The molecule has 3 aromatic rings. The van der Waals surface area contributed by atoms with Gasteiger partial charge in [0, 0.05) is 34.6 Å². The van der Waals surface area contributed by atoms with E-state index in [1.54, 1.807) is 18.2 Å². The maximum atomic E-state index is 13.8. The maximum absolute atomic E-state index is 13.8. The fourth-order valence-corrected chi connectivity index (χ4v) is 5.03. The van der Waals surface area contributed by atoms with Crippen molar-refractivity contribution in [1.82, 2.24) is 10.2 Å². The summed E-state index contributed by atoms with van der Waals surface area (Å²) in [6.07, 6.45) is 0.319. The summed E-state index contributed by atoms with van der Waals surface area (Å²) in [5.74, 6) is 0.282. The van der Waals surface area contributed by atoms with E-state index < -0.39 is 6.04 Å². The van der Waals surface area contributed by atoms with Gasteiger partial charge in [0.1, 0.15) is 11.8 Å². The first-order valence-corrected chi connectivity index (χ1v) is 14.1. The molecule has 3 aromatic carbocycles. The van der Waals surface area contributed by atoms with Gasteiger partial charge < -0.3 is 15.0 Å². The summed E-state index contributed by atoms with van der Waals surface area (Å²) in [4.78, 5) is 28.8. The third kappa shape index (κ3) is 8.23. The monoisotopic (exact) mass is 618 g/mol. The molecule has 2 amide bonds. The molecule has 8 heteroatoms. The van der Waals surface area contributed by atoms with Crippen LogP contribution >= 0.6 is 39.1 Å². The number of halogens is 3. The molecule has 0 fully saturated rings. The van der Waals surface area contributed by atoms with Crippen LogP contribution in [0.3, 0.4) is 0 Å². The molecule has 0 radical (unpaired) electrons. The van der Waals surface area contributed by atoms with Gasteiger partial charge in [-0.3, -0.25) is 9.59 Å². The van der Waals surface area contributed by atoms with E-state index in [4.69, 9.17) is 27.9 Å². The van der Waals surface area contributed by atoms with Gasteiger partial charge in [-0.1, -0.05) is 79.5 Å². The number of rotatable bonds is 11. The van der Waals surface area contributed by atoms with Crippen LogP contribution in [0.1, 0.15) is 50.3 Å². The first-order chi connectivity index (χ1) is 18.1. The zero-order chi connectivity index (χ0) is 27.8. The lowest BCUT2D eigenvalue weighted by atomic mass is 10.0. The molecule has 0 saturated carbocycles. The predicted molar refractivity (Wildman–Crippen MR) is 158 cm³/mol. The Kier molecular flexibility index (Phi) is 11.1. The van der Waals surface area contributed by atoms with E-state index in [1.807, 2.05) is 62.4 Å². The predicted octanol–water partition coefficient (Wildman–Crippen LogP) is 7.42. The maximum Gasteiger partial charge on any atom is 0.261 e. The third-order valence-electron chi connectivity index (χ3n) is 6.07. The summed E-state index contributed by atoms with van der Waals surface area (Å²) in [6.45, 7) is 7.78. The highest BCUT2D eigenvalue weighted by molar-refractivity contribution is 9.10. The molecule has 0 unspecified atom stereocenters. The average Bonchev–Trinajstić information content (AvgIpc) is 2.86. The summed E-state index contributed by atoms with van der Waals surface area (Å²) in [5, 5.41) is 3.81. The highest BCUT2D eigenvalue weighted by Crippen LogP contribution is 2.30. The molecule has 0 saturated heterocycles. The Hall–Kier alpha value is -2.54. The summed E-state index contributed by atoms with van der Waals surface area (Å²) >= 11 is 16.5. The second-order valence-corrected chi connectivity index (χ2v) is 11.4. The Labute approximate surface area is 243 Å². The normalized spacial score (nSPS) is 11.9. The van der Waals surface area contributed by atoms with Crippen LogP contribution in [0.5, 0.6) is 5.75 Å². The lowest BCUT2D eigenvalue weighted by Gasteiger charge is -2.32. The van der Waals surface area contributed by atoms with Crippen molar-refractivity contribution in [3.63, 3.8) is 0 Å². The van der Waals surface area contributed by atoms with Gasteiger partial charge in [-0.15, -0.1) is 0 Å².